The van der Waals surface area contributed by atoms with Crippen LogP contribution in [-0.4, -0.2) is 53.6 Å². The highest BCUT2D eigenvalue weighted by molar-refractivity contribution is 5.87. The van der Waals surface area contributed by atoms with Crippen molar-refractivity contribution in [1.29, 1.82) is 0 Å². The zero-order valence-corrected chi connectivity index (χ0v) is 16.1. The van der Waals surface area contributed by atoms with Crippen molar-refractivity contribution in [1.82, 2.24) is 9.80 Å². The fourth-order valence-corrected chi connectivity index (χ4v) is 3.98. The number of nitrogens with zero attached hydrogens (tertiary/aromatic N) is 2. The molecule has 0 bridgehead atoms. The number of para-hydroxylation sites is 1. The summed E-state index contributed by atoms with van der Waals surface area (Å²) in [6, 6.07) is 17.9. The molecule has 1 aliphatic heterocycles. The van der Waals surface area contributed by atoms with Crippen molar-refractivity contribution in [3.05, 3.63) is 72.0 Å². The van der Waals surface area contributed by atoms with Gasteiger partial charge in [-0.15, -0.1) is 0 Å². The van der Waals surface area contributed by atoms with Crippen molar-refractivity contribution in [2.45, 2.75) is 25.0 Å². The van der Waals surface area contributed by atoms with Gasteiger partial charge in [0.05, 0.1) is 24.8 Å². The Balaban J connectivity index is 1.54. The predicted octanol–water partition coefficient (Wildman–Crippen LogP) is 3.24. The molecule has 0 aliphatic carbocycles. The number of amides is 1. The second-order valence-electron chi connectivity index (χ2n) is 7.57. The summed E-state index contributed by atoms with van der Waals surface area (Å²) < 4.78 is 5.59. The lowest BCUT2D eigenvalue weighted by Crippen LogP contribution is -2.39. The fourth-order valence-electron chi connectivity index (χ4n) is 3.98. The van der Waals surface area contributed by atoms with E-state index in [1.807, 2.05) is 54.4 Å². The number of β-amino-alcohol motifs (C(OH)–C–C–N with tert-alkyl or cyclic N) is 1. The van der Waals surface area contributed by atoms with E-state index in [-0.39, 0.29) is 18.1 Å². The number of rotatable bonds is 6. The Labute approximate surface area is 165 Å². The van der Waals surface area contributed by atoms with Crippen molar-refractivity contribution < 1.29 is 14.3 Å². The zero-order valence-electron chi connectivity index (χ0n) is 16.1. The van der Waals surface area contributed by atoms with Crippen LogP contribution >= 0.6 is 0 Å². The molecule has 146 valence electrons. The topological polar surface area (TPSA) is 56.9 Å². The number of aliphatic hydroxyl groups excluding tert-OH is 1. The molecule has 2 heterocycles. The lowest BCUT2D eigenvalue weighted by molar-refractivity contribution is -0.131. The first-order valence-electron chi connectivity index (χ1n) is 9.78. The van der Waals surface area contributed by atoms with Crippen molar-refractivity contribution in [3.63, 3.8) is 0 Å². The van der Waals surface area contributed by atoms with Crippen LogP contribution < -0.4 is 0 Å². The van der Waals surface area contributed by atoms with Crippen molar-refractivity contribution >= 4 is 16.9 Å². The van der Waals surface area contributed by atoms with E-state index >= 15 is 0 Å². The third-order valence-electron chi connectivity index (χ3n) is 5.63. The summed E-state index contributed by atoms with van der Waals surface area (Å²) in [5, 5.41) is 10.9. The summed E-state index contributed by atoms with van der Waals surface area (Å²) in [5.41, 5.74) is 2.83. The Bertz CT molecular complexity index is 937. The first-order chi connectivity index (χ1) is 13.6. The summed E-state index contributed by atoms with van der Waals surface area (Å²) in [6.07, 6.45) is 2.51. The monoisotopic (exact) mass is 378 g/mol. The van der Waals surface area contributed by atoms with Gasteiger partial charge in [-0.2, -0.15) is 0 Å². The van der Waals surface area contributed by atoms with E-state index in [9.17, 15) is 9.90 Å². The molecular formula is C23H26N2O3. The maximum absolute atomic E-state index is 13.1. The highest BCUT2D eigenvalue weighted by atomic mass is 16.3. The molecule has 28 heavy (non-hydrogen) atoms. The summed E-state index contributed by atoms with van der Waals surface area (Å²) >= 11 is 0. The minimum absolute atomic E-state index is 0.0557. The molecule has 2 aromatic carbocycles. The van der Waals surface area contributed by atoms with Crippen LogP contribution in [0.1, 0.15) is 23.6 Å². The van der Waals surface area contributed by atoms with Gasteiger partial charge in [0.25, 0.3) is 0 Å². The van der Waals surface area contributed by atoms with Crippen LogP contribution in [0.4, 0.5) is 0 Å². The number of fused-ring (bicyclic) bond motifs is 1. The number of hydrogen-bond donors (Lipinski definition) is 1. The Kier molecular flexibility index (Phi) is 5.46. The van der Waals surface area contributed by atoms with Crippen LogP contribution in [0, 0.1) is 0 Å². The molecular weight excluding hydrogens is 352 g/mol. The molecule has 0 spiro atoms. The molecule has 0 saturated carbocycles. The van der Waals surface area contributed by atoms with Crippen molar-refractivity contribution in [2.24, 2.45) is 0 Å². The average molecular weight is 378 g/mol. The maximum Gasteiger partial charge on any atom is 0.227 e. The summed E-state index contributed by atoms with van der Waals surface area (Å²) in [7, 11) is 1.87. The number of carbonyl (C=O) groups excluding carboxylic acids is 1. The third-order valence-corrected chi connectivity index (χ3v) is 5.63. The molecule has 5 heteroatoms. The Morgan fingerprint density at radius 1 is 1.21 bits per heavy atom. The standard InChI is InChI=1S/C23H26N2O3/c1-24(23(27)13-18-16-28-22-10-6-5-9-20(18)22)21(17-7-3-2-4-8-17)15-25-12-11-19(26)14-25/h2-10,16,19,21,26H,11-15H2,1H3. The average Bonchev–Trinajstić information content (AvgIpc) is 3.32. The summed E-state index contributed by atoms with van der Waals surface area (Å²) in [4.78, 5) is 17.2. The molecule has 2 unspecified atom stereocenters. The third kappa shape index (κ3) is 3.96. The van der Waals surface area contributed by atoms with Gasteiger partial charge in [-0.05, 0) is 18.1 Å². The van der Waals surface area contributed by atoms with E-state index in [0.717, 1.165) is 41.6 Å². The summed E-state index contributed by atoms with van der Waals surface area (Å²) in [5.74, 6) is 0.0557. The minimum atomic E-state index is -0.269. The van der Waals surface area contributed by atoms with Gasteiger partial charge in [-0.1, -0.05) is 48.5 Å². The van der Waals surface area contributed by atoms with Gasteiger partial charge in [0, 0.05) is 37.6 Å². The van der Waals surface area contributed by atoms with Crippen LogP contribution in [0.5, 0.6) is 0 Å². The van der Waals surface area contributed by atoms with Crippen LogP contribution in [0.3, 0.4) is 0 Å². The molecule has 2 atom stereocenters. The molecule has 1 aliphatic rings. The maximum atomic E-state index is 13.1. The van der Waals surface area contributed by atoms with Crippen LogP contribution in [-0.2, 0) is 11.2 Å². The molecule has 1 N–H and O–H groups in total. The highest BCUT2D eigenvalue weighted by Gasteiger charge is 2.28. The van der Waals surface area contributed by atoms with Crippen LogP contribution in [0.15, 0.2) is 65.3 Å². The predicted molar refractivity (Wildman–Crippen MR) is 109 cm³/mol. The van der Waals surface area contributed by atoms with Crippen LogP contribution in [0.2, 0.25) is 0 Å². The smallest absolute Gasteiger partial charge is 0.227 e. The SMILES string of the molecule is CN(C(=O)Cc1coc2ccccc12)C(CN1CCC(O)C1)c1ccccc1. The van der Waals surface area contributed by atoms with Gasteiger partial charge in [0.1, 0.15) is 5.58 Å². The number of likely N-dealkylation sites (tertiary alicyclic amines) is 1. The number of furan rings is 1. The lowest BCUT2D eigenvalue weighted by atomic mass is 10.0. The second-order valence-corrected chi connectivity index (χ2v) is 7.57. The van der Waals surface area contributed by atoms with Gasteiger partial charge in [0.2, 0.25) is 5.91 Å². The lowest BCUT2D eigenvalue weighted by Gasteiger charge is -2.32. The van der Waals surface area contributed by atoms with Crippen LogP contribution in [0.25, 0.3) is 11.0 Å². The van der Waals surface area contributed by atoms with E-state index in [0.29, 0.717) is 13.0 Å². The van der Waals surface area contributed by atoms with E-state index in [1.54, 1.807) is 6.26 Å². The zero-order chi connectivity index (χ0) is 19.5. The molecule has 5 nitrogen and oxygen atoms in total. The fraction of sp³-hybridized carbons (Fsp3) is 0.348. The van der Waals surface area contributed by atoms with Crippen molar-refractivity contribution in [3.8, 4) is 0 Å². The van der Waals surface area contributed by atoms with Gasteiger partial charge < -0.3 is 14.4 Å². The largest absolute Gasteiger partial charge is 0.464 e. The highest BCUT2D eigenvalue weighted by Crippen LogP contribution is 2.26. The number of hydrogen-bond acceptors (Lipinski definition) is 4. The van der Waals surface area contributed by atoms with Gasteiger partial charge in [-0.3, -0.25) is 9.69 Å². The molecule has 4 rings (SSSR count). The first kappa shape index (κ1) is 18.7. The van der Waals surface area contributed by atoms with E-state index in [2.05, 4.69) is 17.0 Å². The van der Waals surface area contributed by atoms with Gasteiger partial charge in [0.15, 0.2) is 0 Å². The second kappa shape index (κ2) is 8.17. The number of likely N-dealkylation sites (N-methyl/N-ethyl adjacent to an activating group) is 1. The summed E-state index contributed by atoms with van der Waals surface area (Å²) in [6.45, 7) is 2.24. The Hall–Kier alpha value is -2.63. The van der Waals surface area contributed by atoms with E-state index < -0.39 is 0 Å². The minimum Gasteiger partial charge on any atom is -0.464 e. The molecule has 1 amide bonds. The molecule has 1 saturated heterocycles. The molecule has 3 aromatic rings. The number of benzene rings is 2. The first-order valence-corrected chi connectivity index (χ1v) is 9.78. The number of carbonyl (C=O) groups is 1. The molecule has 0 radical (unpaired) electrons. The van der Waals surface area contributed by atoms with Gasteiger partial charge >= 0.3 is 0 Å². The van der Waals surface area contributed by atoms with E-state index in [1.165, 1.54) is 0 Å². The van der Waals surface area contributed by atoms with Crippen molar-refractivity contribution in [2.75, 3.05) is 26.7 Å². The Morgan fingerprint density at radius 2 is 1.96 bits per heavy atom. The van der Waals surface area contributed by atoms with Gasteiger partial charge in [-0.25, -0.2) is 0 Å². The Morgan fingerprint density at radius 3 is 2.71 bits per heavy atom. The normalized spacial score (nSPS) is 18.4. The number of aliphatic hydroxyl groups is 1. The molecule has 1 fully saturated rings. The quantitative estimate of drug-likeness (QED) is 0.715. The van der Waals surface area contributed by atoms with E-state index in [4.69, 9.17) is 4.42 Å². The molecule has 1 aromatic heterocycles.